The van der Waals surface area contributed by atoms with Crippen molar-refractivity contribution in [2.75, 3.05) is 6.61 Å². The van der Waals surface area contributed by atoms with Gasteiger partial charge < -0.3 is 9.47 Å². The molecule has 2 aliphatic carbocycles. The SMILES string of the molecule is O=C(COC(=O)[C@H]1[C@@H]2C[C@H]3[C@H](OC(=O)[C@@H]31)[C@@H]2Br)c1ccccc1. The van der Waals surface area contributed by atoms with Gasteiger partial charge in [-0.2, -0.15) is 0 Å². The van der Waals surface area contributed by atoms with Gasteiger partial charge in [-0.15, -0.1) is 0 Å². The van der Waals surface area contributed by atoms with Crippen LogP contribution in [-0.2, 0) is 19.1 Å². The summed E-state index contributed by atoms with van der Waals surface area (Å²) < 4.78 is 10.6. The molecular formula is C17H15BrO5. The summed E-state index contributed by atoms with van der Waals surface area (Å²) in [4.78, 5) is 36.5. The molecule has 1 saturated heterocycles. The third kappa shape index (κ3) is 2.23. The van der Waals surface area contributed by atoms with E-state index in [0.29, 0.717) is 5.56 Å². The van der Waals surface area contributed by atoms with E-state index in [2.05, 4.69) is 15.9 Å². The normalized spacial score (nSPS) is 36.8. The van der Waals surface area contributed by atoms with Crippen molar-refractivity contribution < 1.29 is 23.9 Å². The molecule has 0 N–H and O–H groups in total. The van der Waals surface area contributed by atoms with E-state index in [0.717, 1.165) is 6.42 Å². The topological polar surface area (TPSA) is 69.7 Å². The molecule has 1 aromatic rings. The zero-order chi connectivity index (χ0) is 16.1. The lowest BCUT2D eigenvalue weighted by Crippen LogP contribution is -2.39. The molecule has 0 unspecified atom stereocenters. The summed E-state index contributed by atoms with van der Waals surface area (Å²) >= 11 is 3.55. The number of alkyl halides is 1. The maximum absolute atomic E-state index is 12.4. The number of fused-ring (bicyclic) bond motifs is 1. The van der Waals surface area contributed by atoms with Gasteiger partial charge in [0.2, 0.25) is 0 Å². The number of carbonyl (C=O) groups is 3. The van der Waals surface area contributed by atoms with Gasteiger partial charge in [-0.05, 0) is 12.3 Å². The molecule has 0 spiro atoms. The van der Waals surface area contributed by atoms with Gasteiger partial charge in [-0.25, -0.2) is 0 Å². The highest BCUT2D eigenvalue weighted by Crippen LogP contribution is 2.60. The summed E-state index contributed by atoms with van der Waals surface area (Å²) in [5.74, 6) is -1.78. The van der Waals surface area contributed by atoms with E-state index in [-0.39, 0.29) is 41.1 Å². The average Bonchev–Trinajstić information content (AvgIpc) is 3.17. The second-order valence-electron chi connectivity index (χ2n) is 6.36. The van der Waals surface area contributed by atoms with Crippen LogP contribution in [0.15, 0.2) is 30.3 Å². The highest BCUT2D eigenvalue weighted by molar-refractivity contribution is 9.09. The average molecular weight is 379 g/mol. The summed E-state index contributed by atoms with van der Waals surface area (Å²) in [5, 5.41) is 0. The summed E-state index contributed by atoms with van der Waals surface area (Å²) in [6, 6.07) is 8.70. The number of rotatable bonds is 4. The van der Waals surface area contributed by atoms with Crippen molar-refractivity contribution in [2.45, 2.75) is 17.4 Å². The molecule has 0 radical (unpaired) electrons. The van der Waals surface area contributed by atoms with Crippen LogP contribution < -0.4 is 0 Å². The van der Waals surface area contributed by atoms with Gasteiger partial charge >= 0.3 is 11.9 Å². The van der Waals surface area contributed by atoms with Crippen molar-refractivity contribution in [3.8, 4) is 0 Å². The van der Waals surface area contributed by atoms with Gasteiger partial charge in [0.1, 0.15) is 6.10 Å². The zero-order valence-electron chi connectivity index (χ0n) is 12.2. The highest BCUT2D eigenvalue weighted by atomic mass is 79.9. The molecule has 1 aromatic carbocycles. The predicted octanol–water partition coefficient (Wildman–Crippen LogP) is 1.98. The molecule has 1 aliphatic heterocycles. The van der Waals surface area contributed by atoms with Gasteiger partial charge in [-0.1, -0.05) is 46.3 Å². The van der Waals surface area contributed by atoms with E-state index in [1.165, 1.54) is 0 Å². The maximum atomic E-state index is 12.4. The Morgan fingerprint density at radius 2 is 1.96 bits per heavy atom. The van der Waals surface area contributed by atoms with E-state index in [9.17, 15) is 14.4 Å². The Hall–Kier alpha value is -1.69. The molecule has 0 aromatic heterocycles. The van der Waals surface area contributed by atoms with Gasteiger partial charge in [0.15, 0.2) is 12.4 Å². The monoisotopic (exact) mass is 378 g/mol. The minimum absolute atomic E-state index is 0.00225. The first-order chi connectivity index (χ1) is 11.1. The number of carbonyl (C=O) groups excluding carboxylic acids is 3. The van der Waals surface area contributed by atoms with Crippen LogP contribution in [-0.4, -0.2) is 35.3 Å². The molecule has 120 valence electrons. The number of Topliss-reactive ketones (excluding diaryl/α,β-unsaturated/α-hetero) is 1. The lowest BCUT2D eigenvalue weighted by Gasteiger charge is -2.26. The minimum Gasteiger partial charge on any atom is -0.461 e. The first-order valence-electron chi connectivity index (χ1n) is 7.67. The number of esters is 2. The molecule has 5 nitrogen and oxygen atoms in total. The largest absolute Gasteiger partial charge is 0.461 e. The number of halogens is 1. The molecular weight excluding hydrogens is 364 g/mol. The summed E-state index contributed by atoms with van der Waals surface area (Å²) in [6.45, 7) is -0.297. The van der Waals surface area contributed by atoms with Gasteiger partial charge in [0.25, 0.3) is 0 Å². The van der Waals surface area contributed by atoms with Crippen LogP contribution in [0, 0.1) is 23.7 Å². The summed E-state index contributed by atoms with van der Waals surface area (Å²) in [7, 11) is 0. The van der Waals surface area contributed by atoms with Crippen molar-refractivity contribution in [3.63, 3.8) is 0 Å². The molecule has 6 heteroatoms. The standard InChI is InChI=1S/C17H15BrO5/c18-14-9-6-10-13(17(21)23-15(10)14)12(9)16(20)22-7-11(19)8-4-2-1-3-5-8/h1-5,9-10,12-15H,6-7H2/t9-,10+,12-,13-,14+,15-/m0/s1. The summed E-state index contributed by atoms with van der Waals surface area (Å²) in [6.07, 6.45) is 0.677. The summed E-state index contributed by atoms with van der Waals surface area (Å²) in [5.41, 5.74) is 0.506. The van der Waals surface area contributed by atoms with Crippen LogP contribution in [0.2, 0.25) is 0 Å². The van der Waals surface area contributed by atoms with Crippen molar-refractivity contribution in [3.05, 3.63) is 35.9 Å². The third-order valence-corrected chi connectivity index (χ3v) is 6.44. The van der Waals surface area contributed by atoms with Gasteiger partial charge in [-0.3, -0.25) is 14.4 Å². The van der Waals surface area contributed by atoms with Crippen LogP contribution in [0.1, 0.15) is 16.8 Å². The van der Waals surface area contributed by atoms with Crippen LogP contribution >= 0.6 is 15.9 Å². The Morgan fingerprint density at radius 1 is 1.22 bits per heavy atom. The number of ketones is 1. The fraction of sp³-hybridized carbons (Fsp3) is 0.471. The second kappa shape index (κ2) is 5.44. The van der Waals surface area contributed by atoms with Crippen LogP contribution in [0.25, 0.3) is 0 Å². The molecule has 2 bridgehead atoms. The smallest absolute Gasteiger partial charge is 0.310 e. The first-order valence-corrected chi connectivity index (χ1v) is 8.59. The second-order valence-corrected chi connectivity index (χ2v) is 7.42. The van der Waals surface area contributed by atoms with Crippen molar-refractivity contribution in [1.29, 1.82) is 0 Å². The van der Waals surface area contributed by atoms with Gasteiger partial charge in [0.05, 0.1) is 16.7 Å². The highest BCUT2D eigenvalue weighted by Gasteiger charge is 2.68. The molecule has 3 fully saturated rings. The third-order valence-electron chi connectivity index (χ3n) is 5.24. The molecule has 4 rings (SSSR count). The lowest BCUT2D eigenvalue weighted by molar-refractivity contribution is -0.154. The van der Waals surface area contributed by atoms with Crippen LogP contribution in [0.3, 0.4) is 0 Å². The minimum atomic E-state index is -0.501. The number of hydrogen-bond acceptors (Lipinski definition) is 5. The fourth-order valence-electron chi connectivity index (χ4n) is 4.23. The fourth-order valence-corrected chi connectivity index (χ4v) is 5.28. The molecule has 3 aliphatic rings. The Balaban J connectivity index is 1.44. The van der Waals surface area contributed by atoms with Crippen molar-refractivity contribution >= 4 is 33.7 Å². The molecule has 2 saturated carbocycles. The van der Waals surface area contributed by atoms with Gasteiger partial charge in [0, 0.05) is 11.5 Å². The Labute approximate surface area is 141 Å². The molecule has 6 atom stereocenters. The van der Waals surface area contributed by atoms with E-state index in [4.69, 9.17) is 9.47 Å². The van der Waals surface area contributed by atoms with E-state index < -0.39 is 17.8 Å². The molecule has 0 amide bonds. The van der Waals surface area contributed by atoms with E-state index in [1.807, 2.05) is 6.07 Å². The van der Waals surface area contributed by atoms with E-state index in [1.54, 1.807) is 24.3 Å². The predicted molar refractivity (Wildman–Crippen MR) is 82.9 cm³/mol. The zero-order valence-corrected chi connectivity index (χ0v) is 13.8. The Bertz CT molecular complexity index is 673. The van der Waals surface area contributed by atoms with Crippen molar-refractivity contribution in [1.82, 2.24) is 0 Å². The van der Waals surface area contributed by atoms with E-state index >= 15 is 0 Å². The molecule has 1 heterocycles. The maximum Gasteiger partial charge on any atom is 0.310 e. The first kappa shape index (κ1) is 14.9. The van der Waals surface area contributed by atoms with Crippen LogP contribution in [0.5, 0.6) is 0 Å². The molecule has 23 heavy (non-hydrogen) atoms. The lowest BCUT2D eigenvalue weighted by atomic mass is 9.80. The quantitative estimate of drug-likeness (QED) is 0.455. The van der Waals surface area contributed by atoms with Crippen molar-refractivity contribution in [2.24, 2.45) is 23.7 Å². The number of benzene rings is 1. The Kier molecular flexibility index (Phi) is 3.52. The Morgan fingerprint density at radius 3 is 2.70 bits per heavy atom. The number of hydrogen-bond donors (Lipinski definition) is 0. The number of ether oxygens (including phenoxy) is 2. The van der Waals surface area contributed by atoms with Crippen LogP contribution in [0.4, 0.5) is 0 Å².